The molecule has 0 aliphatic carbocycles. The van der Waals surface area contributed by atoms with Crippen molar-refractivity contribution in [3.63, 3.8) is 0 Å². The van der Waals surface area contributed by atoms with Gasteiger partial charge in [-0.1, -0.05) is 17.7 Å². The van der Waals surface area contributed by atoms with Crippen LogP contribution in [0.4, 0.5) is 0 Å². The number of halogens is 1. The molecule has 1 aromatic rings. The van der Waals surface area contributed by atoms with E-state index in [0.717, 1.165) is 24.3 Å². The average Bonchev–Trinajstić information content (AvgIpc) is 2.39. The van der Waals surface area contributed by atoms with Crippen LogP contribution in [-0.2, 0) is 11.3 Å². The number of nitrogens with one attached hydrogen (secondary N) is 1. The Balaban J connectivity index is 2.26. The standard InChI is InChI=1S/C13H20ClNO3/c1-17-13-5-2-4-12(14)11(13)10-15-6-3-8-18-9-7-16/h2,4-5,15-16H,3,6-10H2,1H3. The van der Waals surface area contributed by atoms with Crippen molar-refractivity contribution in [1.82, 2.24) is 5.32 Å². The van der Waals surface area contributed by atoms with Gasteiger partial charge in [-0.05, 0) is 25.1 Å². The van der Waals surface area contributed by atoms with E-state index in [1.54, 1.807) is 7.11 Å². The van der Waals surface area contributed by atoms with Crippen LogP contribution < -0.4 is 10.1 Å². The van der Waals surface area contributed by atoms with E-state index < -0.39 is 0 Å². The fourth-order valence-electron chi connectivity index (χ4n) is 1.58. The quantitative estimate of drug-likeness (QED) is 0.674. The summed E-state index contributed by atoms with van der Waals surface area (Å²) < 4.78 is 10.4. The minimum absolute atomic E-state index is 0.0737. The molecule has 0 aliphatic rings. The van der Waals surface area contributed by atoms with Crippen molar-refractivity contribution in [2.45, 2.75) is 13.0 Å². The Kier molecular flexibility index (Phi) is 7.76. The Labute approximate surface area is 113 Å². The number of hydrogen-bond donors (Lipinski definition) is 2. The van der Waals surface area contributed by atoms with E-state index in [1.807, 2.05) is 18.2 Å². The highest BCUT2D eigenvalue weighted by atomic mass is 35.5. The lowest BCUT2D eigenvalue weighted by Crippen LogP contribution is -2.17. The van der Waals surface area contributed by atoms with Crippen molar-refractivity contribution >= 4 is 11.6 Å². The molecule has 0 spiro atoms. The number of aliphatic hydroxyl groups is 1. The van der Waals surface area contributed by atoms with Crippen molar-refractivity contribution in [3.8, 4) is 5.75 Å². The smallest absolute Gasteiger partial charge is 0.124 e. The Bertz CT molecular complexity index is 347. The zero-order valence-electron chi connectivity index (χ0n) is 10.6. The molecule has 18 heavy (non-hydrogen) atoms. The van der Waals surface area contributed by atoms with Crippen LogP contribution in [0.15, 0.2) is 18.2 Å². The van der Waals surface area contributed by atoms with Gasteiger partial charge in [0.1, 0.15) is 5.75 Å². The first kappa shape index (κ1) is 15.2. The molecule has 0 aromatic heterocycles. The minimum Gasteiger partial charge on any atom is -0.496 e. The maximum Gasteiger partial charge on any atom is 0.124 e. The van der Waals surface area contributed by atoms with E-state index in [9.17, 15) is 0 Å². The van der Waals surface area contributed by atoms with Gasteiger partial charge in [-0.3, -0.25) is 0 Å². The molecular formula is C13H20ClNO3. The van der Waals surface area contributed by atoms with E-state index in [1.165, 1.54) is 0 Å². The molecule has 0 saturated heterocycles. The summed E-state index contributed by atoms with van der Waals surface area (Å²) in [6.07, 6.45) is 0.896. The number of hydrogen-bond acceptors (Lipinski definition) is 4. The third-order valence-corrected chi connectivity index (χ3v) is 2.83. The van der Waals surface area contributed by atoms with Gasteiger partial charge >= 0.3 is 0 Å². The minimum atomic E-state index is 0.0737. The zero-order chi connectivity index (χ0) is 13.2. The summed E-state index contributed by atoms with van der Waals surface area (Å²) in [5.41, 5.74) is 0.970. The molecule has 0 unspecified atom stereocenters. The molecule has 1 rings (SSSR count). The van der Waals surface area contributed by atoms with Crippen molar-refractivity contribution in [3.05, 3.63) is 28.8 Å². The van der Waals surface area contributed by atoms with Crippen molar-refractivity contribution < 1.29 is 14.6 Å². The Morgan fingerprint density at radius 1 is 1.33 bits per heavy atom. The van der Waals surface area contributed by atoms with Gasteiger partial charge in [-0.15, -0.1) is 0 Å². The lowest BCUT2D eigenvalue weighted by molar-refractivity contribution is 0.0907. The fraction of sp³-hybridized carbons (Fsp3) is 0.538. The Morgan fingerprint density at radius 3 is 2.89 bits per heavy atom. The number of rotatable bonds is 9. The number of methoxy groups -OCH3 is 1. The first-order valence-corrected chi connectivity index (χ1v) is 6.38. The second-order valence-corrected chi connectivity index (χ2v) is 4.19. The summed E-state index contributed by atoms with van der Waals surface area (Å²) in [6.45, 7) is 2.62. The first-order chi connectivity index (χ1) is 8.79. The van der Waals surface area contributed by atoms with Crippen LogP contribution in [0, 0.1) is 0 Å². The summed E-state index contributed by atoms with van der Waals surface area (Å²) in [5, 5.41) is 12.5. The van der Waals surface area contributed by atoms with E-state index in [0.29, 0.717) is 24.8 Å². The van der Waals surface area contributed by atoms with Gasteiger partial charge in [0.2, 0.25) is 0 Å². The molecule has 1 aromatic carbocycles. The summed E-state index contributed by atoms with van der Waals surface area (Å²) in [7, 11) is 1.64. The van der Waals surface area contributed by atoms with Crippen LogP contribution in [0.3, 0.4) is 0 Å². The predicted molar refractivity (Wildman–Crippen MR) is 72.2 cm³/mol. The summed E-state index contributed by atoms with van der Waals surface area (Å²) >= 11 is 6.12. The lowest BCUT2D eigenvalue weighted by Gasteiger charge is -2.11. The molecule has 102 valence electrons. The largest absolute Gasteiger partial charge is 0.496 e. The van der Waals surface area contributed by atoms with Gasteiger partial charge in [-0.25, -0.2) is 0 Å². The zero-order valence-corrected chi connectivity index (χ0v) is 11.4. The molecule has 5 heteroatoms. The summed E-state index contributed by atoms with van der Waals surface area (Å²) in [5.74, 6) is 0.798. The molecule has 0 radical (unpaired) electrons. The van der Waals surface area contributed by atoms with Crippen LogP contribution in [0.1, 0.15) is 12.0 Å². The number of benzene rings is 1. The van der Waals surface area contributed by atoms with Crippen LogP contribution in [0.2, 0.25) is 5.02 Å². The van der Waals surface area contributed by atoms with Gasteiger partial charge in [-0.2, -0.15) is 0 Å². The SMILES string of the molecule is COc1cccc(Cl)c1CNCCCOCCO. The Hall–Kier alpha value is -0.810. The number of ether oxygens (including phenoxy) is 2. The van der Waals surface area contributed by atoms with Crippen molar-refractivity contribution in [2.24, 2.45) is 0 Å². The number of aliphatic hydroxyl groups excluding tert-OH is 1. The highest BCUT2D eigenvalue weighted by Gasteiger charge is 2.06. The normalized spacial score (nSPS) is 10.6. The van der Waals surface area contributed by atoms with E-state index in [4.69, 9.17) is 26.2 Å². The summed E-state index contributed by atoms with van der Waals surface area (Å²) in [6, 6.07) is 5.62. The molecular weight excluding hydrogens is 254 g/mol. The fourth-order valence-corrected chi connectivity index (χ4v) is 1.81. The predicted octanol–water partition coefficient (Wildman–Crippen LogP) is 1.84. The maximum absolute atomic E-state index is 8.54. The molecule has 0 fully saturated rings. The van der Waals surface area contributed by atoms with Crippen LogP contribution in [0.5, 0.6) is 5.75 Å². The molecule has 0 amide bonds. The molecule has 0 saturated carbocycles. The van der Waals surface area contributed by atoms with E-state index in [-0.39, 0.29) is 6.61 Å². The van der Waals surface area contributed by atoms with Crippen molar-refractivity contribution in [2.75, 3.05) is 33.5 Å². The second-order valence-electron chi connectivity index (χ2n) is 3.79. The molecule has 0 heterocycles. The van der Waals surface area contributed by atoms with Gasteiger partial charge in [0.25, 0.3) is 0 Å². The first-order valence-electron chi connectivity index (χ1n) is 6.00. The van der Waals surface area contributed by atoms with Crippen LogP contribution in [-0.4, -0.2) is 38.6 Å². The molecule has 2 N–H and O–H groups in total. The van der Waals surface area contributed by atoms with Gasteiger partial charge in [0, 0.05) is 23.7 Å². The van der Waals surface area contributed by atoms with Crippen molar-refractivity contribution in [1.29, 1.82) is 0 Å². The average molecular weight is 274 g/mol. The second kappa shape index (κ2) is 9.16. The molecule has 0 bridgehead atoms. The van der Waals surface area contributed by atoms with Crippen LogP contribution in [0.25, 0.3) is 0 Å². The highest BCUT2D eigenvalue weighted by molar-refractivity contribution is 6.31. The van der Waals surface area contributed by atoms with Crippen LogP contribution >= 0.6 is 11.6 Å². The van der Waals surface area contributed by atoms with Gasteiger partial charge in [0.05, 0.1) is 20.3 Å². The molecule has 4 nitrogen and oxygen atoms in total. The maximum atomic E-state index is 8.54. The third kappa shape index (κ3) is 5.23. The monoisotopic (exact) mass is 273 g/mol. The third-order valence-electron chi connectivity index (χ3n) is 2.48. The van der Waals surface area contributed by atoms with Gasteiger partial charge < -0.3 is 19.9 Å². The lowest BCUT2D eigenvalue weighted by atomic mass is 10.2. The van der Waals surface area contributed by atoms with E-state index >= 15 is 0 Å². The van der Waals surface area contributed by atoms with E-state index in [2.05, 4.69) is 5.32 Å². The summed E-state index contributed by atoms with van der Waals surface area (Å²) in [4.78, 5) is 0. The van der Waals surface area contributed by atoms with Gasteiger partial charge in [0.15, 0.2) is 0 Å². The highest BCUT2D eigenvalue weighted by Crippen LogP contribution is 2.25. The molecule has 0 atom stereocenters. The Morgan fingerprint density at radius 2 is 2.17 bits per heavy atom. The molecule has 0 aliphatic heterocycles. The topological polar surface area (TPSA) is 50.7 Å².